The van der Waals surface area contributed by atoms with Gasteiger partial charge in [-0.2, -0.15) is 22.3 Å². The number of hydrazone groups is 1. The van der Waals surface area contributed by atoms with E-state index in [1.165, 1.54) is 0 Å². The maximum absolute atomic E-state index is 13.2. The summed E-state index contributed by atoms with van der Waals surface area (Å²) in [5, 5.41) is 31.4. The highest BCUT2D eigenvalue weighted by molar-refractivity contribution is 7.86. The van der Waals surface area contributed by atoms with E-state index in [4.69, 9.17) is 9.47 Å². The average Bonchev–Trinajstić information content (AvgIpc) is 3.40. The first kappa shape index (κ1) is 37.0. The van der Waals surface area contributed by atoms with Gasteiger partial charge in [-0.25, -0.2) is 0 Å². The molecule has 6 N–H and O–H groups in total. The van der Waals surface area contributed by atoms with Crippen molar-refractivity contribution in [2.75, 3.05) is 29.8 Å². The first-order valence-corrected chi connectivity index (χ1v) is 14.5. The second-order valence-corrected chi connectivity index (χ2v) is 11.3. The summed E-state index contributed by atoms with van der Waals surface area (Å²) in [5.74, 6) is -2.13. The van der Waals surface area contributed by atoms with Gasteiger partial charge in [0.05, 0.1) is 36.2 Å². The number of rotatable bonds is 10. The minimum absolute atomic E-state index is 0. The molecule has 0 radical (unpaired) electrons. The van der Waals surface area contributed by atoms with E-state index in [-0.39, 0.29) is 17.9 Å². The van der Waals surface area contributed by atoms with E-state index >= 15 is 0 Å². The molecule has 4 rings (SSSR count). The Morgan fingerprint density at radius 1 is 0.870 bits per heavy atom. The molecular formula is C22H22ClN7O14S2. The largest absolute Gasteiger partial charge is 0.870 e. The molecule has 21 nitrogen and oxygen atoms in total. The van der Waals surface area contributed by atoms with E-state index in [1.54, 1.807) is 30.3 Å². The SMILES string of the molecule is COc1cc([N+](=O)[O-])c(S(=O)(=O)O)cc1N1N=C(C(=O)Nc2ccccc2)[NH2+]N1c1cc(S(=O)(=O)O)c([N+](=O)[O-])cc1OC.Cl.[OH-]. The van der Waals surface area contributed by atoms with Gasteiger partial charge < -0.3 is 20.3 Å². The van der Waals surface area contributed by atoms with Crippen LogP contribution in [0.25, 0.3) is 0 Å². The molecule has 0 spiro atoms. The van der Waals surface area contributed by atoms with Gasteiger partial charge in [-0.3, -0.25) is 34.1 Å². The number of anilines is 3. The number of hydrogen-bond donors (Lipinski definition) is 4. The highest BCUT2D eigenvalue weighted by Gasteiger charge is 2.41. The highest BCUT2D eigenvalue weighted by Crippen LogP contribution is 2.42. The molecule has 46 heavy (non-hydrogen) atoms. The number of quaternary nitrogens is 1. The number of amides is 1. The topological polar surface area (TPSA) is 308 Å². The van der Waals surface area contributed by atoms with Gasteiger partial charge >= 0.3 is 32.0 Å². The van der Waals surface area contributed by atoms with Crippen molar-refractivity contribution < 1.29 is 61.0 Å². The highest BCUT2D eigenvalue weighted by atomic mass is 35.5. The van der Waals surface area contributed by atoms with Crippen molar-refractivity contribution in [2.45, 2.75) is 9.79 Å². The van der Waals surface area contributed by atoms with Crippen molar-refractivity contribution in [3.8, 4) is 11.5 Å². The lowest BCUT2D eigenvalue weighted by Crippen LogP contribution is -2.98. The Morgan fingerprint density at radius 2 is 1.33 bits per heavy atom. The van der Waals surface area contributed by atoms with E-state index in [0.717, 1.165) is 24.8 Å². The maximum atomic E-state index is 13.2. The summed E-state index contributed by atoms with van der Waals surface area (Å²) in [6.07, 6.45) is 0. The molecule has 0 saturated carbocycles. The van der Waals surface area contributed by atoms with Gasteiger partial charge in [0.1, 0.15) is 5.69 Å². The zero-order valence-corrected chi connectivity index (χ0v) is 25.5. The molecule has 3 aromatic rings. The van der Waals surface area contributed by atoms with Crippen molar-refractivity contribution in [3.63, 3.8) is 0 Å². The van der Waals surface area contributed by atoms with Crippen molar-refractivity contribution in [1.29, 1.82) is 0 Å². The third-order valence-corrected chi connectivity index (χ3v) is 7.61. The molecule has 24 heteroatoms. The number of carbonyl (C=O) groups is 1. The Morgan fingerprint density at radius 3 is 1.76 bits per heavy atom. The number of nitrogens with zero attached hydrogens (tertiary/aromatic N) is 5. The summed E-state index contributed by atoms with van der Waals surface area (Å²) in [7, 11) is -8.39. The fraction of sp³-hybridized carbons (Fsp3) is 0.0909. The van der Waals surface area contributed by atoms with E-state index in [1.807, 2.05) is 0 Å². The maximum Gasteiger partial charge on any atom is 0.336 e. The van der Waals surface area contributed by atoms with Crippen molar-refractivity contribution in [1.82, 2.24) is 0 Å². The minimum atomic E-state index is -5.25. The van der Waals surface area contributed by atoms with E-state index < -0.39 is 85.9 Å². The molecule has 1 heterocycles. The van der Waals surface area contributed by atoms with Crippen LogP contribution in [-0.4, -0.2) is 67.2 Å². The summed E-state index contributed by atoms with van der Waals surface area (Å²) >= 11 is 0. The van der Waals surface area contributed by atoms with E-state index in [0.29, 0.717) is 35.1 Å². The van der Waals surface area contributed by atoms with Crippen LogP contribution in [0.15, 0.2) is 69.5 Å². The fourth-order valence-electron chi connectivity index (χ4n) is 3.95. The number of para-hydroxylation sites is 1. The zero-order chi connectivity index (χ0) is 32.6. The first-order chi connectivity index (χ1) is 20.6. The van der Waals surface area contributed by atoms with Crippen LogP contribution in [0.1, 0.15) is 0 Å². The van der Waals surface area contributed by atoms with Crippen LogP contribution in [0.2, 0.25) is 0 Å². The van der Waals surface area contributed by atoms with Gasteiger partial charge in [-0.1, -0.05) is 28.4 Å². The van der Waals surface area contributed by atoms with Crippen LogP contribution in [0.5, 0.6) is 11.5 Å². The van der Waals surface area contributed by atoms with Crippen molar-refractivity contribution in [2.24, 2.45) is 5.10 Å². The van der Waals surface area contributed by atoms with Gasteiger partial charge in [0.15, 0.2) is 27.0 Å². The molecule has 0 aliphatic carbocycles. The van der Waals surface area contributed by atoms with Gasteiger partial charge in [-0.05, 0) is 18.2 Å². The summed E-state index contributed by atoms with van der Waals surface area (Å²) in [5.41, 5.74) is -1.74. The second kappa shape index (κ2) is 13.9. The Balaban J connectivity index is 0.00000368. The van der Waals surface area contributed by atoms with Crippen LogP contribution in [0.4, 0.5) is 28.4 Å². The summed E-state index contributed by atoms with van der Waals surface area (Å²) in [4.78, 5) is 31.7. The molecule has 0 unspecified atom stereocenters. The number of nitro groups is 2. The van der Waals surface area contributed by atoms with Gasteiger partial charge in [0.2, 0.25) is 0 Å². The summed E-state index contributed by atoms with van der Waals surface area (Å²) in [6.45, 7) is 0. The van der Waals surface area contributed by atoms with E-state index in [2.05, 4.69) is 10.4 Å². The Bertz CT molecular complexity index is 1940. The Kier molecular flexibility index (Phi) is 11.2. The molecule has 1 aliphatic rings. The summed E-state index contributed by atoms with van der Waals surface area (Å²) in [6, 6.07) is 10.5. The third kappa shape index (κ3) is 7.37. The van der Waals surface area contributed by atoms with Crippen LogP contribution in [0, 0.1) is 20.2 Å². The number of nitro benzene ring substituents is 2. The molecule has 0 saturated heterocycles. The predicted octanol–water partition coefficient (Wildman–Crippen LogP) is 0.931. The van der Waals surface area contributed by atoms with Gasteiger partial charge in [0, 0.05) is 11.8 Å². The lowest BCUT2D eigenvalue weighted by molar-refractivity contribution is -0.544. The van der Waals surface area contributed by atoms with Crippen LogP contribution in [0.3, 0.4) is 0 Å². The number of hydrogen-bond acceptors (Lipinski definition) is 15. The number of methoxy groups -OCH3 is 2. The molecule has 0 atom stereocenters. The average molecular weight is 708 g/mol. The number of benzene rings is 3. The molecular weight excluding hydrogens is 686 g/mol. The number of hydrazine groups is 1. The van der Waals surface area contributed by atoms with Crippen LogP contribution in [-0.2, 0) is 25.0 Å². The normalized spacial score (nSPS) is 12.7. The monoisotopic (exact) mass is 707 g/mol. The molecule has 0 aromatic heterocycles. The van der Waals surface area contributed by atoms with Gasteiger partial charge in [0.25, 0.3) is 11.4 Å². The molecule has 1 aliphatic heterocycles. The van der Waals surface area contributed by atoms with Crippen LogP contribution >= 0.6 is 12.4 Å². The molecule has 0 fully saturated rings. The number of amidine groups is 1. The van der Waals surface area contributed by atoms with Gasteiger partial charge in [-0.15, -0.1) is 17.5 Å². The third-order valence-electron chi connectivity index (χ3n) is 5.85. The molecule has 3 aromatic carbocycles. The van der Waals surface area contributed by atoms with E-state index in [9.17, 15) is 51.0 Å². The molecule has 1 amide bonds. The lowest BCUT2D eigenvalue weighted by Gasteiger charge is -2.26. The lowest BCUT2D eigenvalue weighted by atomic mass is 10.2. The first-order valence-electron chi connectivity index (χ1n) is 11.6. The summed E-state index contributed by atoms with van der Waals surface area (Å²) < 4.78 is 78.3. The smallest absolute Gasteiger partial charge is 0.336 e. The zero-order valence-electron chi connectivity index (χ0n) is 23.1. The second-order valence-electron chi connectivity index (χ2n) is 8.52. The van der Waals surface area contributed by atoms with Crippen molar-refractivity contribution in [3.05, 3.63) is 74.8 Å². The Labute approximate surface area is 264 Å². The van der Waals surface area contributed by atoms with Crippen molar-refractivity contribution >= 4 is 72.8 Å². The molecule has 248 valence electrons. The number of carbonyl (C=O) groups excluding carboxylic acids is 1. The number of nitrogens with one attached hydrogen (secondary N) is 1. The minimum Gasteiger partial charge on any atom is -0.870 e. The number of ether oxygens (including phenoxy) is 2. The number of halogens is 1. The quantitative estimate of drug-likeness (QED) is 0.0985. The standard InChI is InChI=1S/C22H19N7O13S2.ClH.H2O/c1-41-17-8-15(28(31)32)19(43(35,36)37)10-13(17)26-24-21(22(30)23-12-6-4-3-5-7-12)25-27(26)14-11-20(44(38,39)40)16(29(33)34)9-18(14)42-2;;/h3-11H,1-2H3,(H,23,30)(H,24,25)(H,35,36,37)(H,38,39,40);1H;1H2. The number of nitrogens with two attached hydrogens (primary N) is 1. The van der Waals surface area contributed by atoms with Crippen LogP contribution < -0.4 is 30.5 Å². The fourth-order valence-corrected chi connectivity index (χ4v) is 5.26. The molecule has 0 bridgehead atoms. The predicted molar refractivity (Wildman–Crippen MR) is 157 cm³/mol. The Hall–Kier alpha value is -5.17.